The number of aromatic nitrogens is 2. The Hall–Kier alpha value is -4.69. The summed E-state index contributed by atoms with van der Waals surface area (Å²) in [5.41, 5.74) is -1.28. The molecule has 15 heteroatoms. The summed E-state index contributed by atoms with van der Waals surface area (Å²) < 4.78 is 31.6. The van der Waals surface area contributed by atoms with Gasteiger partial charge in [-0.1, -0.05) is 6.07 Å². The Balaban J connectivity index is 1.56. The highest BCUT2D eigenvalue weighted by molar-refractivity contribution is 5.96. The minimum atomic E-state index is -1.29. The van der Waals surface area contributed by atoms with Gasteiger partial charge in [-0.3, -0.25) is 14.4 Å². The minimum absolute atomic E-state index is 0.0167. The van der Waals surface area contributed by atoms with Crippen molar-refractivity contribution in [2.45, 2.75) is 57.6 Å². The summed E-state index contributed by atoms with van der Waals surface area (Å²) in [6.07, 6.45) is 0.370. The van der Waals surface area contributed by atoms with Crippen molar-refractivity contribution in [1.29, 1.82) is 0 Å². The summed E-state index contributed by atoms with van der Waals surface area (Å²) in [6, 6.07) is 5.46. The number of esters is 1. The molecule has 4 rings (SSSR count). The average molecular weight is 618 g/mol. The van der Waals surface area contributed by atoms with E-state index in [0.29, 0.717) is 19.3 Å². The summed E-state index contributed by atoms with van der Waals surface area (Å²) in [5, 5.41) is 16.1. The van der Waals surface area contributed by atoms with E-state index in [1.54, 1.807) is 13.8 Å². The maximum atomic E-state index is 14.1. The van der Waals surface area contributed by atoms with E-state index in [-0.39, 0.29) is 63.1 Å². The van der Waals surface area contributed by atoms with Crippen molar-refractivity contribution in [3.63, 3.8) is 0 Å². The van der Waals surface area contributed by atoms with E-state index in [2.05, 4.69) is 10.4 Å². The molecule has 1 atom stereocenters. The zero-order valence-electron chi connectivity index (χ0n) is 24.6. The number of nitrogens with zero attached hydrogens (tertiary/aromatic N) is 4. The fourth-order valence-corrected chi connectivity index (χ4v) is 4.95. The smallest absolute Gasteiger partial charge is 0.409 e. The highest BCUT2D eigenvalue weighted by atomic mass is 19.1. The van der Waals surface area contributed by atoms with Gasteiger partial charge in [-0.25, -0.2) is 18.7 Å². The van der Waals surface area contributed by atoms with Gasteiger partial charge in [-0.15, -0.1) is 0 Å². The fraction of sp³-hybridized carbons (Fsp3) is 0.517. The third-order valence-electron chi connectivity index (χ3n) is 7.44. The van der Waals surface area contributed by atoms with Crippen LogP contribution in [0.25, 0.3) is 5.69 Å². The van der Waals surface area contributed by atoms with Crippen molar-refractivity contribution in [2.75, 3.05) is 39.4 Å². The van der Waals surface area contributed by atoms with Crippen molar-refractivity contribution in [3.05, 3.63) is 41.8 Å². The van der Waals surface area contributed by atoms with Gasteiger partial charge in [0.25, 0.3) is 5.91 Å². The van der Waals surface area contributed by atoms with Crippen LogP contribution in [0.5, 0.6) is 5.88 Å². The number of hydrogen-bond donors (Lipinski definition) is 2. The van der Waals surface area contributed by atoms with Crippen LogP contribution < -0.4 is 10.1 Å². The molecule has 1 aliphatic heterocycles. The Morgan fingerprint density at radius 1 is 1.02 bits per heavy atom. The summed E-state index contributed by atoms with van der Waals surface area (Å²) in [6.45, 7) is 4.48. The SMILES string of the molecule is CCOC(=O)N1CCN(C(=O)[C@H](CCC(=O)O)NC(=O)c2cc(OC3(C(=O)OCC)CCC3)n(-c3cccc(F)c3)n2)CC1. The van der Waals surface area contributed by atoms with Gasteiger partial charge in [-0.05, 0) is 57.7 Å². The fourth-order valence-electron chi connectivity index (χ4n) is 4.95. The second-order valence-electron chi connectivity index (χ2n) is 10.4. The predicted octanol–water partition coefficient (Wildman–Crippen LogP) is 2.14. The average Bonchev–Trinajstić information content (AvgIpc) is 3.41. The Kier molecular flexibility index (Phi) is 10.4. The lowest BCUT2D eigenvalue weighted by molar-refractivity contribution is -0.170. The van der Waals surface area contributed by atoms with Gasteiger partial charge >= 0.3 is 18.0 Å². The Morgan fingerprint density at radius 3 is 2.30 bits per heavy atom. The molecule has 2 fully saturated rings. The Morgan fingerprint density at radius 2 is 1.70 bits per heavy atom. The second kappa shape index (κ2) is 14.2. The molecule has 2 heterocycles. The molecule has 44 heavy (non-hydrogen) atoms. The molecule has 1 aliphatic carbocycles. The van der Waals surface area contributed by atoms with Gasteiger partial charge in [0.05, 0.1) is 18.9 Å². The van der Waals surface area contributed by atoms with E-state index < -0.39 is 53.7 Å². The summed E-state index contributed by atoms with van der Waals surface area (Å²) in [5.74, 6) is -3.62. The summed E-state index contributed by atoms with van der Waals surface area (Å²) in [4.78, 5) is 65.9. The maximum absolute atomic E-state index is 14.1. The molecule has 1 aromatic carbocycles. The van der Waals surface area contributed by atoms with Crippen molar-refractivity contribution in [3.8, 4) is 11.6 Å². The number of rotatable bonds is 12. The van der Waals surface area contributed by atoms with Crippen molar-refractivity contribution in [2.24, 2.45) is 0 Å². The highest BCUT2D eigenvalue weighted by Crippen LogP contribution is 2.38. The van der Waals surface area contributed by atoms with Gasteiger partial charge in [0, 0.05) is 38.7 Å². The number of carboxylic acid groups (broad SMARTS) is 1. The van der Waals surface area contributed by atoms with Crippen LogP contribution in [-0.4, -0.2) is 106 Å². The van der Waals surface area contributed by atoms with E-state index in [0.717, 1.165) is 0 Å². The van der Waals surface area contributed by atoms with Crippen LogP contribution >= 0.6 is 0 Å². The van der Waals surface area contributed by atoms with E-state index in [9.17, 15) is 33.5 Å². The lowest BCUT2D eigenvalue weighted by Gasteiger charge is -2.38. The van der Waals surface area contributed by atoms with Gasteiger partial charge in [-0.2, -0.15) is 5.10 Å². The molecule has 2 N–H and O–H groups in total. The first-order valence-electron chi connectivity index (χ1n) is 14.5. The first-order valence-corrected chi connectivity index (χ1v) is 14.5. The van der Waals surface area contributed by atoms with Gasteiger partial charge < -0.3 is 34.4 Å². The van der Waals surface area contributed by atoms with Crippen LogP contribution in [0.15, 0.2) is 30.3 Å². The second-order valence-corrected chi connectivity index (χ2v) is 10.4. The molecule has 1 aromatic heterocycles. The predicted molar refractivity (Wildman–Crippen MR) is 151 cm³/mol. The number of carbonyl (C=O) groups is 5. The first kappa shape index (κ1) is 32.2. The maximum Gasteiger partial charge on any atom is 0.409 e. The third-order valence-corrected chi connectivity index (χ3v) is 7.44. The zero-order valence-corrected chi connectivity index (χ0v) is 24.6. The van der Waals surface area contributed by atoms with Crippen molar-refractivity contribution >= 4 is 29.8 Å². The van der Waals surface area contributed by atoms with E-state index in [4.69, 9.17) is 14.2 Å². The van der Waals surface area contributed by atoms with E-state index in [1.807, 2.05) is 0 Å². The number of amides is 3. The quantitative estimate of drug-likeness (QED) is 0.337. The molecule has 0 unspecified atom stereocenters. The van der Waals surface area contributed by atoms with E-state index >= 15 is 0 Å². The normalized spacial score (nSPS) is 16.3. The molecule has 3 amide bonds. The molecule has 2 aliphatic rings. The molecular formula is C29H36FN5O9. The molecule has 0 radical (unpaired) electrons. The molecule has 14 nitrogen and oxygen atoms in total. The van der Waals surface area contributed by atoms with Crippen molar-refractivity contribution in [1.82, 2.24) is 24.9 Å². The molecule has 1 saturated carbocycles. The van der Waals surface area contributed by atoms with Crippen LogP contribution in [0.2, 0.25) is 0 Å². The summed E-state index contributed by atoms with van der Waals surface area (Å²) in [7, 11) is 0. The molecule has 0 bridgehead atoms. The number of benzene rings is 1. The lowest BCUT2D eigenvalue weighted by Crippen LogP contribution is -2.56. The van der Waals surface area contributed by atoms with Crippen LogP contribution in [0.1, 0.15) is 56.4 Å². The largest absolute Gasteiger partial charge is 0.481 e. The standard InChI is InChI=1S/C29H36FN5O9/c1-3-42-27(40)29(11-6-12-29)44-23-18-22(32-35(23)20-8-5-7-19(30)17-20)25(38)31-21(9-10-24(36)37)26(39)33-13-15-34(16-14-33)28(41)43-4-2/h5,7-8,17-18,21H,3-4,6,9-16H2,1-2H3,(H,31,38)(H,36,37)/t21-/m0/s1. The topological polar surface area (TPSA) is 170 Å². The zero-order chi connectivity index (χ0) is 31.9. The number of piperazine rings is 1. The number of carboxylic acids is 1. The minimum Gasteiger partial charge on any atom is -0.481 e. The van der Waals surface area contributed by atoms with Crippen LogP contribution in [0, 0.1) is 5.82 Å². The molecule has 0 spiro atoms. The Bertz CT molecular complexity index is 1380. The lowest BCUT2D eigenvalue weighted by atomic mass is 9.80. The highest BCUT2D eigenvalue weighted by Gasteiger charge is 2.49. The monoisotopic (exact) mass is 617 g/mol. The molecule has 2 aromatic rings. The van der Waals surface area contributed by atoms with Crippen LogP contribution in [0.4, 0.5) is 9.18 Å². The van der Waals surface area contributed by atoms with Crippen LogP contribution in [0.3, 0.4) is 0 Å². The number of aliphatic carboxylic acids is 1. The number of carbonyl (C=O) groups excluding carboxylic acids is 4. The third kappa shape index (κ3) is 7.44. The number of ether oxygens (including phenoxy) is 3. The number of hydrogen-bond acceptors (Lipinski definition) is 9. The van der Waals surface area contributed by atoms with Crippen LogP contribution in [-0.2, 0) is 23.9 Å². The van der Waals surface area contributed by atoms with Gasteiger partial charge in [0.15, 0.2) is 5.69 Å². The van der Waals surface area contributed by atoms with Gasteiger partial charge in [0.2, 0.25) is 17.4 Å². The molecule has 238 valence electrons. The van der Waals surface area contributed by atoms with E-state index in [1.165, 1.54) is 44.8 Å². The number of nitrogens with one attached hydrogen (secondary N) is 1. The summed E-state index contributed by atoms with van der Waals surface area (Å²) >= 11 is 0. The van der Waals surface area contributed by atoms with Gasteiger partial charge in [0.1, 0.15) is 11.9 Å². The molecule has 1 saturated heterocycles. The first-order chi connectivity index (χ1) is 21.1. The number of halogens is 1. The van der Waals surface area contributed by atoms with Crippen molar-refractivity contribution < 1.29 is 47.7 Å². The Labute approximate surface area is 253 Å². The molecular weight excluding hydrogens is 581 g/mol.